The van der Waals surface area contributed by atoms with E-state index < -0.39 is 11.6 Å². The van der Waals surface area contributed by atoms with Crippen LogP contribution >= 0.6 is 11.8 Å². The summed E-state index contributed by atoms with van der Waals surface area (Å²) in [5.41, 5.74) is 6.56. The molecule has 2 aromatic rings. The van der Waals surface area contributed by atoms with Gasteiger partial charge in [0.25, 0.3) is 0 Å². The quantitative estimate of drug-likeness (QED) is 0.686. The Morgan fingerprint density at radius 2 is 1.89 bits per heavy atom. The third-order valence-corrected chi connectivity index (χ3v) is 3.61. The predicted octanol–water partition coefficient (Wildman–Crippen LogP) is 3.71. The number of halogens is 2. The van der Waals surface area contributed by atoms with Crippen LogP contribution in [0.5, 0.6) is 0 Å². The lowest BCUT2D eigenvalue weighted by molar-refractivity contribution is 0.602. The van der Waals surface area contributed by atoms with Crippen LogP contribution in [0.15, 0.2) is 41.3 Å². The molecule has 0 fully saturated rings. The molecule has 2 nitrogen and oxygen atoms in total. The van der Waals surface area contributed by atoms with Gasteiger partial charge in [-0.05, 0) is 42.0 Å². The van der Waals surface area contributed by atoms with Gasteiger partial charge < -0.3 is 5.73 Å². The number of anilines is 1. The van der Waals surface area contributed by atoms with Gasteiger partial charge in [-0.3, -0.25) is 0 Å². The summed E-state index contributed by atoms with van der Waals surface area (Å²) in [6.45, 7) is 0. The van der Waals surface area contributed by atoms with Gasteiger partial charge in [-0.2, -0.15) is 5.26 Å². The fraction of sp³-hybridized carbons (Fsp3) is 0.0714. The fourth-order valence-corrected chi connectivity index (χ4v) is 2.44. The Kier molecular flexibility index (Phi) is 4.03. The van der Waals surface area contributed by atoms with Crippen LogP contribution in [0.3, 0.4) is 0 Å². The van der Waals surface area contributed by atoms with Crippen molar-refractivity contribution in [2.45, 2.75) is 10.6 Å². The predicted molar refractivity (Wildman–Crippen MR) is 71.5 cm³/mol. The summed E-state index contributed by atoms with van der Waals surface area (Å²) in [5.74, 6) is -0.577. The van der Waals surface area contributed by atoms with Gasteiger partial charge >= 0.3 is 0 Å². The highest BCUT2D eigenvalue weighted by molar-refractivity contribution is 7.98. The van der Waals surface area contributed by atoms with Crippen LogP contribution in [0.4, 0.5) is 14.5 Å². The molecule has 0 heterocycles. The van der Waals surface area contributed by atoms with Crippen molar-refractivity contribution < 1.29 is 8.78 Å². The van der Waals surface area contributed by atoms with Gasteiger partial charge in [0.1, 0.15) is 11.6 Å². The fourth-order valence-electron chi connectivity index (χ4n) is 1.54. The van der Waals surface area contributed by atoms with Gasteiger partial charge in [0.2, 0.25) is 0 Å². The molecule has 0 saturated carbocycles. The molecule has 0 aliphatic rings. The van der Waals surface area contributed by atoms with E-state index >= 15 is 0 Å². The zero-order valence-corrected chi connectivity index (χ0v) is 10.7. The molecule has 0 amide bonds. The van der Waals surface area contributed by atoms with E-state index in [-0.39, 0.29) is 5.75 Å². The molecule has 2 aromatic carbocycles. The number of benzene rings is 2. The smallest absolute Gasteiger partial charge is 0.138 e. The van der Waals surface area contributed by atoms with Crippen LogP contribution in [-0.2, 0) is 5.75 Å². The third kappa shape index (κ3) is 3.24. The van der Waals surface area contributed by atoms with Crippen molar-refractivity contribution in [2.24, 2.45) is 0 Å². The van der Waals surface area contributed by atoms with E-state index in [9.17, 15) is 8.78 Å². The minimum Gasteiger partial charge on any atom is -0.399 e. The first-order chi connectivity index (χ1) is 9.10. The second-order valence-corrected chi connectivity index (χ2v) is 4.91. The van der Waals surface area contributed by atoms with Crippen LogP contribution in [0, 0.1) is 23.0 Å². The maximum Gasteiger partial charge on any atom is 0.138 e. The van der Waals surface area contributed by atoms with Crippen LogP contribution < -0.4 is 5.73 Å². The van der Waals surface area contributed by atoms with Crippen molar-refractivity contribution >= 4 is 17.4 Å². The summed E-state index contributed by atoms with van der Waals surface area (Å²) in [6, 6.07) is 10.4. The molecule has 0 atom stereocenters. The third-order valence-electron chi connectivity index (χ3n) is 2.51. The lowest BCUT2D eigenvalue weighted by Crippen LogP contribution is -1.91. The molecular formula is C14H10F2N2S. The summed E-state index contributed by atoms with van der Waals surface area (Å²) >= 11 is 1.16. The molecule has 2 N–H and O–H groups in total. The number of nitrogens with zero attached hydrogens (tertiary/aromatic N) is 1. The normalized spacial score (nSPS) is 10.2. The highest BCUT2D eigenvalue weighted by Crippen LogP contribution is 2.27. The first-order valence-corrected chi connectivity index (χ1v) is 6.45. The molecule has 2 rings (SSSR count). The molecular weight excluding hydrogens is 266 g/mol. The second-order valence-electron chi connectivity index (χ2n) is 3.90. The number of nitriles is 1. The van der Waals surface area contributed by atoms with Crippen LogP contribution in [0.25, 0.3) is 0 Å². The zero-order chi connectivity index (χ0) is 13.8. The monoisotopic (exact) mass is 276 g/mol. The SMILES string of the molecule is N#Cc1ccc(F)c(CSc2ccc(N)cc2F)c1. The molecule has 0 bridgehead atoms. The minimum atomic E-state index is -0.429. The first-order valence-electron chi connectivity index (χ1n) is 5.46. The van der Waals surface area contributed by atoms with Gasteiger partial charge in [0, 0.05) is 16.3 Å². The maximum absolute atomic E-state index is 13.6. The van der Waals surface area contributed by atoms with Crippen molar-refractivity contribution in [3.8, 4) is 6.07 Å². The molecule has 96 valence electrons. The van der Waals surface area contributed by atoms with Gasteiger partial charge in [-0.1, -0.05) is 0 Å². The zero-order valence-electron chi connectivity index (χ0n) is 9.86. The van der Waals surface area contributed by atoms with E-state index in [1.54, 1.807) is 12.1 Å². The molecule has 19 heavy (non-hydrogen) atoms. The highest BCUT2D eigenvalue weighted by Gasteiger charge is 2.07. The molecule has 0 aliphatic heterocycles. The standard InChI is InChI=1S/C14H10F2N2S/c15-12-3-1-9(7-17)5-10(12)8-19-14-4-2-11(18)6-13(14)16/h1-6H,8,18H2. The van der Waals surface area contributed by atoms with E-state index in [0.717, 1.165) is 11.8 Å². The second kappa shape index (κ2) is 5.72. The van der Waals surface area contributed by atoms with Crippen molar-refractivity contribution in [3.63, 3.8) is 0 Å². The maximum atomic E-state index is 13.6. The van der Waals surface area contributed by atoms with Crippen molar-refractivity contribution in [3.05, 3.63) is 59.2 Å². The van der Waals surface area contributed by atoms with E-state index in [1.165, 1.54) is 24.3 Å². The molecule has 0 radical (unpaired) electrons. The Morgan fingerprint density at radius 1 is 1.11 bits per heavy atom. The number of thioether (sulfide) groups is 1. The summed E-state index contributed by atoms with van der Waals surface area (Å²) in [5, 5.41) is 8.76. The van der Waals surface area contributed by atoms with Crippen molar-refractivity contribution in [2.75, 3.05) is 5.73 Å². The summed E-state index contributed by atoms with van der Waals surface area (Å²) < 4.78 is 27.1. The van der Waals surface area contributed by atoms with E-state index in [1.807, 2.05) is 6.07 Å². The van der Waals surface area contributed by atoms with Crippen LogP contribution in [0.1, 0.15) is 11.1 Å². The van der Waals surface area contributed by atoms with Gasteiger partial charge in [0.15, 0.2) is 0 Å². The summed E-state index contributed by atoms with van der Waals surface area (Å²) in [6.07, 6.45) is 0. The Labute approximate surface area is 113 Å². The van der Waals surface area contributed by atoms with E-state index in [4.69, 9.17) is 11.0 Å². The number of hydrogen-bond acceptors (Lipinski definition) is 3. The minimum absolute atomic E-state index is 0.252. The average molecular weight is 276 g/mol. The molecule has 0 aromatic heterocycles. The van der Waals surface area contributed by atoms with Gasteiger partial charge in [0.05, 0.1) is 11.6 Å². The summed E-state index contributed by atoms with van der Waals surface area (Å²) in [4.78, 5) is 0.399. The Morgan fingerprint density at radius 3 is 2.58 bits per heavy atom. The lowest BCUT2D eigenvalue weighted by atomic mass is 10.1. The number of nitrogens with two attached hydrogens (primary N) is 1. The lowest BCUT2D eigenvalue weighted by Gasteiger charge is -2.05. The highest BCUT2D eigenvalue weighted by atomic mass is 32.2. The molecule has 0 spiro atoms. The van der Waals surface area contributed by atoms with E-state index in [0.29, 0.717) is 21.7 Å². The number of nitrogen functional groups attached to an aromatic ring is 1. The molecule has 0 saturated heterocycles. The number of rotatable bonds is 3. The molecule has 5 heteroatoms. The van der Waals surface area contributed by atoms with E-state index in [2.05, 4.69) is 0 Å². The Balaban J connectivity index is 2.16. The van der Waals surface area contributed by atoms with Gasteiger partial charge in [-0.25, -0.2) is 8.78 Å². The Hall–Kier alpha value is -2.06. The topological polar surface area (TPSA) is 49.8 Å². The largest absolute Gasteiger partial charge is 0.399 e. The molecule has 0 aliphatic carbocycles. The van der Waals surface area contributed by atoms with Gasteiger partial charge in [-0.15, -0.1) is 11.8 Å². The molecule has 0 unspecified atom stereocenters. The van der Waals surface area contributed by atoms with Crippen molar-refractivity contribution in [1.82, 2.24) is 0 Å². The van der Waals surface area contributed by atoms with Crippen LogP contribution in [-0.4, -0.2) is 0 Å². The van der Waals surface area contributed by atoms with Crippen LogP contribution in [0.2, 0.25) is 0 Å². The average Bonchev–Trinajstić information content (AvgIpc) is 2.39. The Bertz CT molecular complexity index is 650. The first kappa shape index (κ1) is 13.4. The number of hydrogen-bond donors (Lipinski definition) is 1. The van der Waals surface area contributed by atoms with Crippen molar-refractivity contribution in [1.29, 1.82) is 5.26 Å². The summed E-state index contributed by atoms with van der Waals surface area (Å²) in [7, 11) is 0.